The predicted molar refractivity (Wildman–Crippen MR) is 97.2 cm³/mol. The van der Waals surface area contributed by atoms with Gasteiger partial charge >= 0.3 is 0 Å². The first-order valence-corrected chi connectivity index (χ1v) is 9.09. The molecule has 1 heterocycles. The summed E-state index contributed by atoms with van der Waals surface area (Å²) in [4.78, 5) is 15.0. The summed E-state index contributed by atoms with van der Waals surface area (Å²) in [5.41, 5.74) is 7.80. The number of hydrogen-bond acceptors (Lipinski definition) is 4. The van der Waals surface area contributed by atoms with Crippen LogP contribution in [0.2, 0.25) is 0 Å². The number of morpholine rings is 1. The smallest absolute Gasteiger partial charge is 0.227 e. The molecule has 0 bridgehead atoms. The second-order valence-corrected chi connectivity index (χ2v) is 7.20. The molecule has 3 N–H and O–H groups in total. The molecule has 1 aromatic carbocycles. The molecule has 0 radical (unpaired) electrons. The van der Waals surface area contributed by atoms with Crippen LogP contribution in [0.3, 0.4) is 0 Å². The fraction of sp³-hybridized carbons (Fsp3) is 0.632. The van der Waals surface area contributed by atoms with Gasteiger partial charge in [-0.3, -0.25) is 4.79 Å². The average Bonchev–Trinajstić information content (AvgIpc) is 3.03. The first-order valence-electron chi connectivity index (χ1n) is 9.09. The molecular formula is C19H29N3O2. The van der Waals surface area contributed by atoms with E-state index in [9.17, 15) is 4.79 Å². The molecule has 3 rings (SSSR count). The second-order valence-electron chi connectivity index (χ2n) is 7.20. The maximum absolute atomic E-state index is 12.7. The SMILES string of the molecule is CC1CN(c2ccccc2NC(=O)[C@@H]2CCC[C@@H]2CN)CC(C)O1. The Balaban J connectivity index is 1.75. The van der Waals surface area contributed by atoms with E-state index in [4.69, 9.17) is 10.5 Å². The van der Waals surface area contributed by atoms with Crippen LogP contribution in [-0.4, -0.2) is 37.7 Å². The number of nitrogens with one attached hydrogen (secondary N) is 1. The van der Waals surface area contributed by atoms with Gasteiger partial charge in [-0.25, -0.2) is 0 Å². The van der Waals surface area contributed by atoms with E-state index < -0.39 is 0 Å². The van der Waals surface area contributed by atoms with Gasteiger partial charge in [0.25, 0.3) is 0 Å². The Labute approximate surface area is 144 Å². The summed E-state index contributed by atoms with van der Waals surface area (Å²) in [6, 6.07) is 8.06. The summed E-state index contributed by atoms with van der Waals surface area (Å²) >= 11 is 0. The minimum atomic E-state index is 0.0468. The third-order valence-corrected chi connectivity index (χ3v) is 5.22. The topological polar surface area (TPSA) is 67.6 Å². The molecule has 4 atom stereocenters. The van der Waals surface area contributed by atoms with Crippen molar-refractivity contribution < 1.29 is 9.53 Å². The zero-order valence-electron chi connectivity index (χ0n) is 14.7. The van der Waals surface area contributed by atoms with Gasteiger partial charge in [-0.15, -0.1) is 0 Å². The molecule has 2 fully saturated rings. The van der Waals surface area contributed by atoms with E-state index in [0.29, 0.717) is 12.5 Å². The molecule has 1 amide bonds. The molecule has 2 aliphatic rings. The highest BCUT2D eigenvalue weighted by Gasteiger charge is 2.32. The molecule has 1 saturated carbocycles. The van der Waals surface area contributed by atoms with Gasteiger partial charge < -0.3 is 20.7 Å². The molecule has 0 spiro atoms. The lowest BCUT2D eigenvalue weighted by atomic mass is 9.95. The summed E-state index contributed by atoms with van der Waals surface area (Å²) < 4.78 is 5.83. The zero-order valence-corrected chi connectivity index (χ0v) is 14.7. The number of ether oxygens (including phenoxy) is 1. The minimum absolute atomic E-state index is 0.0468. The number of rotatable bonds is 4. The van der Waals surface area contributed by atoms with Crippen LogP contribution in [0.25, 0.3) is 0 Å². The van der Waals surface area contributed by atoms with Gasteiger partial charge in [0.05, 0.1) is 23.6 Å². The van der Waals surface area contributed by atoms with Gasteiger partial charge in [-0.05, 0) is 51.3 Å². The van der Waals surface area contributed by atoms with E-state index in [1.165, 1.54) is 0 Å². The molecule has 5 heteroatoms. The van der Waals surface area contributed by atoms with Crippen molar-refractivity contribution >= 4 is 17.3 Å². The van der Waals surface area contributed by atoms with Gasteiger partial charge in [0.1, 0.15) is 0 Å². The lowest BCUT2D eigenvalue weighted by Crippen LogP contribution is -2.45. The van der Waals surface area contributed by atoms with Crippen molar-refractivity contribution in [3.8, 4) is 0 Å². The van der Waals surface area contributed by atoms with Crippen molar-refractivity contribution in [1.29, 1.82) is 0 Å². The van der Waals surface area contributed by atoms with Crippen molar-refractivity contribution in [2.45, 2.75) is 45.3 Å². The van der Waals surface area contributed by atoms with Gasteiger partial charge in [0.15, 0.2) is 0 Å². The first kappa shape index (κ1) is 17.2. The molecule has 5 nitrogen and oxygen atoms in total. The van der Waals surface area contributed by atoms with Crippen LogP contribution in [0.1, 0.15) is 33.1 Å². The highest BCUT2D eigenvalue weighted by atomic mass is 16.5. The number of para-hydroxylation sites is 2. The van der Waals surface area contributed by atoms with Gasteiger partial charge in [0, 0.05) is 19.0 Å². The van der Waals surface area contributed by atoms with Crippen molar-refractivity contribution in [2.75, 3.05) is 29.9 Å². The van der Waals surface area contributed by atoms with E-state index in [1.54, 1.807) is 0 Å². The number of nitrogens with zero attached hydrogens (tertiary/aromatic N) is 1. The lowest BCUT2D eigenvalue weighted by Gasteiger charge is -2.37. The van der Waals surface area contributed by atoms with Crippen LogP contribution >= 0.6 is 0 Å². The Morgan fingerprint density at radius 1 is 1.25 bits per heavy atom. The highest BCUT2D eigenvalue weighted by molar-refractivity contribution is 5.96. The summed E-state index contributed by atoms with van der Waals surface area (Å²) in [5, 5.41) is 3.17. The molecule has 2 unspecified atom stereocenters. The molecule has 0 aromatic heterocycles. The monoisotopic (exact) mass is 331 g/mol. The zero-order chi connectivity index (χ0) is 17.1. The van der Waals surface area contributed by atoms with Gasteiger partial charge in [-0.1, -0.05) is 18.6 Å². The number of amides is 1. The normalized spacial score (nSPS) is 30.4. The molecule has 24 heavy (non-hydrogen) atoms. The van der Waals surface area contributed by atoms with Gasteiger partial charge in [0.2, 0.25) is 5.91 Å². The summed E-state index contributed by atoms with van der Waals surface area (Å²) in [7, 11) is 0. The molecule has 1 aliphatic carbocycles. The average molecular weight is 331 g/mol. The Morgan fingerprint density at radius 2 is 1.96 bits per heavy atom. The van der Waals surface area contributed by atoms with Crippen molar-refractivity contribution in [2.24, 2.45) is 17.6 Å². The summed E-state index contributed by atoms with van der Waals surface area (Å²) in [6.07, 6.45) is 3.49. The molecule has 132 valence electrons. The molecular weight excluding hydrogens is 302 g/mol. The number of benzene rings is 1. The summed E-state index contributed by atoms with van der Waals surface area (Å²) in [6.45, 7) is 6.46. The van der Waals surface area contributed by atoms with Crippen molar-refractivity contribution in [3.05, 3.63) is 24.3 Å². The van der Waals surface area contributed by atoms with E-state index in [0.717, 1.165) is 43.7 Å². The maximum atomic E-state index is 12.7. The quantitative estimate of drug-likeness (QED) is 0.890. The van der Waals surface area contributed by atoms with Crippen LogP contribution in [0.15, 0.2) is 24.3 Å². The minimum Gasteiger partial charge on any atom is -0.372 e. The largest absolute Gasteiger partial charge is 0.372 e. The van der Waals surface area contributed by atoms with Crippen LogP contribution in [0.5, 0.6) is 0 Å². The maximum Gasteiger partial charge on any atom is 0.227 e. The fourth-order valence-electron chi connectivity index (χ4n) is 4.12. The number of carbonyl (C=O) groups is 1. The third-order valence-electron chi connectivity index (χ3n) is 5.22. The third kappa shape index (κ3) is 3.73. The van der Waals surface area contributed by atoms with Crippen LogP contribution in [-0.2, 0) is 9.53 Å². The molecule has 1 saturated heterocycles. The lowest BCUT2D eigenvalue weighted by molar-refractivity contribution is -0.120. The fourth-order valence-corrected chi connectivity index (χ4v) is 4.12. The van der Waals surface area contributed by atoms with E-state index >= 15 is 0 Å². The number of anilines is 2. The van der Waals surface area contributed by atoms with Crippen molar-refractivity contribution in [1.82, 2.24) is 0 Å². The van der Waals surface area contributed by atoms with Crippen molar-refractivity contribution in [3.63, 3.8) is 0 Å². The molecule has 1 aromatic rings. The number of hydrogen-bond donors (Lipinski definition) is 2. The van der Waals surface area contributed by atoms with Gasteiger partial charge in [-0.2, -0.15) is 0 Å². The standard InChI is InChI=1S/C19H29N3O2/c1-13-11-22(12-14(2)24-13)18-9-4-3-8-17(18)21-19(23)16-7-5-6-15(16)10-20/h3-4,8-9,13-16H,5-7,10-12,20H2,1-2H3,(H,21,23)/t13?,14?,15-,16-/m1/s1. The van der Waals surface area contributed by atoms with E-state index in [-0.39, 0.29) is 24.0 Å². The van der Waals surface area contributed by atoms with Crippen LogP contribution < -0.4 is 16.0 Å². The number of nitrogens with two attached hydrogens (primary N) is 1. The molecule has 1 aliphatic heterocycles. The summed E-state index contributed by atoms with van der Waals surface area (Å²) in [5.74, 6) is 0.482. The van der Waals surface area contributed by atoms with E-state index in [2.05, 4.69) is 30.1 Å². The van der Waals surface area contributed by atoms with Crippen LogP contribution in [0.4, 0.5) is 11.4 Å². The first-order chi connectivity index (χ1) is 11.6. The predicted octanol–water partition coefficient (Wildman–Crippen LogP) is 2.61. The Morgan fingerprint density at radius 3 is 2.67 bits per heavy atom. The van der Waals surface area contributed by atoms with E-state index in [1.807, 2.05) is 18.2 Å². The number of carbonyl (C=O) groups excluding carboxylic acids is 1. The Hall–Kier alpha value is -1.59. The Kier molecular flexibility index (Phi) is 5.41. The second kappa shape index (κ2) is 7.53. The van der Waals surface area contributed by atoms with Crippen LogP contribution in [0, 0.1) is 11.8 Å². The Bertz CT molecular complexity index is 567. The highest BCUT2D eigenvalue weighted by Crippen LogP contribution is 2.34.